The Morgan fingerprint density at radius 2 is 2.00 bits per heavy atom. The third kappa shape index (κ3) is 3.24. The van der Waals surface area contributed by atoms with Gasteiger partial charge >= 0.3 is 0 Å². The van der Waals surface area contributed by atoms with E-state index in [9.17, 15) is 0 Å². The molecule has 6 nitrogen and oxygen atoms in total. The van der Waals surface area contributed by atoms with Gasteiger partial charge in [0.1, 0.15) is 0 Å². The number of halogens is 2. The highest BCUT2D eigenvalue weighted by molar-refractivity contribution is 6.35. The average molecular weight is 324 g/mol. The maximum Gasteiger partial charge on any atom is 0.244 e. The summed E-state index contributed by atoms with van der Waals surface area (Å²) in [6.07, 6.45) is 3.82. The van der Waals surface area contributed by atoms with E-state index in [1.807, 2.05) is 0 Å². The van der Waals surface area contributed by atoms with Crippen molar-refractivity contribution in [2.45, 2.75) is 12.5 Å². The van der Waals surface area contributed by atoms with Gasteiger partial charge in [0.15, 0.2) is 0 Å². The van der Waals surface area contributed by atoms with Gasteiger partial charge in [-0.2, -0.15) is 4.98 Å². The van der Waals surface area contributed by atoms with Crippen molar-refractivity contribution >= 4 is 23.2 Å². The number of hydrogen-bond donors (Lipinski definition) is 2. The van der Waals surface area contributed by atoms with Crippen molar-refractivity contribution in [3.05, 3.63) is 52.4 Å². The molecule has 0 bridgehead atoms. The van der Waals surface area contributed by atoms with Crippen LogP contribution in [0.1, 0.15) is 17.6 Å². The molecule has 0 aliphatic heterocycles. The summed E-state index contributed by atoms with van der Waals surface area (Å²) in [5.41, 5.74) is 7.61. The van der Waals surface area contributed by atoms with E-state index >= 15 is 0 Å². The molecule has 2 heterocycles. The van der Waals surface area contributed by atoms with Crippen LogP contribution in [0, 0.1) is 0 Å². The van der Waals surface area contributed by atoms with E-state index in [4.69, 9.17) is 33.5 Å². The Bertz CT molecular complexity index is 721. The number of imidazole rings is 1. The number of nitrogens with one attached hydrogen (secondary N) is 1. The van der Waals surface area contributed by atoms with E-state index in [1.165, 1.54) is 0 Å². The summed E-state index contributed by atoms with van der Waals surface area (Å²) in [6.45, 7) is 0. The Morgan fingerprint density at radius 3 is 2.67 bits per heavy atom. The Labute approximate surface area is 130 Å². The Kier molecular flexibility index (Phi) is 3.92. The van der Waals surface area contributed by atoms with Crippen molar-refractivity contribution in [3.8, 4) is 11.4 Å². The number of nitrogens with two attached hydrogens (primary N) is 1. The van der Waals surface area contributed by atoms with Gasteiger partial charge in [0.05, 0.1) is 12.4 Å². The van der Waals surface area contributed by atoms with Crippen LogP contribution in [0.25, 0.3) is 11.4 Å². The number of hydrogen-bond acceptors (Lipinski definition) is 5. The van der Waals surface area contributed by atoms with Crippen LogP contribution in [0.2, 0.25) is 10.0 Å². The van der Waals surface area contributed by atoms with Gasteiger partial charge in [-0.25, -0.2) is 4.98 Å². The Balaban J connectivity index is 1.82. The van der Waals surface area contributed by atoms with Crippen LogP contribution in [0.15, 0.2) is 35.2 Å². The lowest BCUT2D eigenvalue weighted by molar-refractivity contribution is 0.354. The fourth-order valence-corrected chi connectivity index (χ4v) is 2.43. The van der Waals surface area contributed by atoms with Crippen LogP contribution in [0.5, 0.6) is 0 Å². The number of nitrogens with zero attached hydrogens (tertiary/aromatic N) is 3. The van der Waals surface area contributed by atoms with E-state index in [0.717, 1.165) is 5.69 Å². The number of H-pyrrole nitrogens is 1. The van der Waals surface area contributed by atoms with Gasteiger partial charge in [-0.15, -0.1) is 0 Å². The molecule has 0 saturated carbocycles. The third-order valence-electron chi connectivity index (χ3n) is 2.87. The van der Waals surface area contributed by atoms with E-state index < -0.39 is 6.04 Å². The van der Waals surface area contributed by atoms with Crippen molar-refractivity contribution in [2.24, 2.45) is 5.73 Å². The summed E-state index contributed by atoms with van der Waals surface area (Å²) in [4.78, 5) is 11.2. The summed E-state index contributed by atoms with van der Waals surface area (Å²) in [6, 6.07) is 4.64. The molecule has 0 fully saturated rings. The summed E-state index contributed by atoms with van der Waals surface area (Å²) in [5.74, 6) is 0.741. The van der Waals surface area contributed by atoms with Crippen molar-refractivity contribution < 1.29 is 4.52 Å². The number of benzene rings is 1. The van der Waals surface area contributed by atoms with E-state index in [0.29, 0.717) is 33.7 Å². The highest BCUT2D eigenvalue weighted by Crippen LogP contribution is 2.26. The zero-order valence-electron chi connectivity index (χ0n) is 10.8. The van der Waals surface area contributed by atoms with Crippen LogP contribution in [-0.4, -0.2) is 20.1 Å². The van der Waals surface area contributed by atoms with Crippen molar-refractivity contribution in [2.75, 3.05) is 0 Å². The topological polar surface area (TPSA) is 93.6 Å². The molecule has 0 radical (unpaired) electrons. The van der Waals surface area contributed by atoms with E-state index in [1.54, 1.807) is 30.7 Å². The monoisotopic (exact) mass is 323 g/mol. The predicted octanol–water partition coefficient (Wildman–Crippen LogP) is 3.01. The molecule has 0 saturated heterocycles. The molecule has 1 atom stereocenters. The second-order valence-electron chi connectivity index (χ2n) is 4.50. The average Bonchev–Trinajstić information content (AvgIpc) is 3.08. The van der Waals surface area contributed by atoms with Crippen LogP contribution in [-0.2, 0) is 6.42 Å². The van der Waals surface area contributed by atoms with E-state index in [2.05, 4.69) is 20.1 Å². The molecule has 3 rings (SSSR count). The molecule has 21 heavy (non-hydrogen) atoms. The SMILES string of the molecule is NC(Cc1cnc[nH]1)c1nc(-c2cc(Cl)cc(Cl)c2)no1. The van der Waals surface area contributed by atoms with Gasteiger partial charge in [-0.1, -0.05) is 28.4 Å². The molecular weight excluding hydrogens is 313 g/mol. The second-order valence-corrected chi connectivity index (χ2v) is 5.37. The zero-order chi connectivity index (χ0) is 14.8. The number of aromatic nitrogens is 4. The Hall–Kier alpha value is -1.89. The molecule has 0 spiro atoms. The molecular formula is C13H11Cl2N5O. The minimum Gasteiger partial charge on any atom is -0.348 e. The van der Waals surface area contributed by atoms with Crippen LogP contribution < -0.4 is 5.73 Å². The minimum absolute atomic E-state index is 0.343. The highest BCUT2D eigenvalue weighted by atomic mass is 35.5. The van der Waals surface area contributed by atoms with Gasteiger partial charge in [0.2, 0.25) is 11.7 Å². The molecule has 1 unspecified atom stereocenters. The predicted molar refractivity (Wildman–Crippen MR) is 79.0 cm³/mol. The molecule has 8 heteroatoms. The molecule has 0 aliphatic carbocycles. The first-order valence-electron chi connectivity index (χ1n) is 6.15. The molecule has 108 valence electrons. The van der Waals surface area contributed by atoms with Gasteiger partial charge in [0, 0.05) is 33.9 Å². The third-order valence-corrected chi connectivity index (χ3v) is 3.31. The van der Waals surface area contributed by atoms with Crippen LogP contribution in [0.3, 0.4) is 0 Å². The molecule has 0 aliphatic rings. The van der Waals surface area contributed by atoms with Gasteiger partial charge in [-0.3, -0.25) is 0 Å². The molecule has 3 N–H and O–H groups in total. The van der Waals surface area contributed by atoms with Gasteiger partial charge in [0.25, 0.3) is 0 Å². The number of rotatable bonds is 4. The largest absolute Gasteiger partial charge is 0.348 e. The first-order valence-corrected chi connectivity index (χ1v) is 6.90. The first kappa shape index (κ1) is 14.1. The summed E-state index contributed by atoms with van der Waals surface area (Å²) in [7, 11) is 0. The molecule has 2 aromatic heterocycles. The minimum atomic E-state index is -0.415. The number of aromatic amines is 1. The molecule has 1 aromatic carbocycles. The first-order chi connectivity index (χ1) is 10.1. The summed E-state index contributed by atoms with van der Waals surface area (Å²) < 4.78 is 5.20. The maximum absolute atomic E-state index is 6.04. The van der Waals surface area contributed by atoms with Crippen LogP contribution >= 0.6 is 23.2 Å². The normalized spacial score (nSPS) is 12.5. The quantitative estimate of drug-likeness (QED) is 0.769. The second kappa shape index (κ2) is 5.85. The standard InChI is InChI=1S/C13H11Cl2N5O/c14-8-1-7(2-9(15)3-8)12-19-13(21-20-12)11(16)4-10-5-17-6-18-10/h1-3,5-6,11H,4,16H2,(H,17,18). The lowest BCUT2D eigenvalue weighted by atomic mass is 10.2. The fourth-order valence-electron chi connectivity index (χ4n) is 1.91. The lowest BCUT2D eigenvalue weighted by Gasteiger charge is -2.03. The fraction of sp³-hybridized carbons (Fsp3) is 0.154. The van der Waals surface area contributed by atoms with Crippen molar-refractivity contribution in [3.63, 3.8) is 0 Å². The molecule has 3 aromatic rings. The van der Waals surface area contributed by atoms with Crippen molar-refractivity contribution in [1.29, 1.82) is 0 Å². The van der Waals surface area contributed by atoms with E-state index in [-0.39, 0.29) is 0 Å². The van der Waals surface area contributed by atoms with Crippen molar-refractivity contribution in [1.82, 2.24) is 20.1 Å². The van der Waals surface area contributed by atoms with Gasteiger partial charge < -0.3 is 15.2 Å². The van der Waals surface area contributed by atoms with Gasteiger partial charge in [-0.05, 0) is 18.2 Å². The van der Waals surface area contributed by atoms with Crippen LogP contribution in [0.4, 0.5) is 0 Å². The summed E-state index contributed by atoms with van der Waals surface area (Å²) in [5, 5.41) is 4.92. The summed E-state index contributed by atoms with van der Waals surface area (Å²) >= 11 is 11.9. The Morgan fingerprint density at radius 1 is 1.24 bits per heavy atom. The highest BCUT2D eigenvalue weighted by Gasteiger charge is 2.17. The zero-order valence-corrected chi connectivity index (χ0v) is 12.3. The lowest BCUT2D eigenvalue weighted by Crippen LogP contribution is -2.13. The maximum atomic E-state index is 6.04. The smallest absolute Gasteiger partial charge is 0.244 e. The molecule has 0 amide bonds.